The maximum Gasteiger partial charge on any atom is 0.171 e. The summed E-state index contributed by atoms with van der Waals surface area (Å²) in [7, 11) is -3.10. The Morgan fingerprint density at radius 2 is 0.754 bits per heavy atom. The lowest BCUT2D eigenvalue weighted by atomic mass is 9.86. The second-order valence-corrected chi connectivity index (χ2v) is 17.2. The Morgan fingerprint density at radius 3 is 1.30 bits per heavy atom. The summed E-state index contributed by atoms with van der Waals surface area (Å²) in [6.07, 6.45) is 0. The maximum atomic E-state index is 15.2. The largest absolute Gasteiger partial charge is 0.309 e. The van der Waals surface area contributed by atoms with Gasteiger partial charge < -0.3 is 4.57 Å². The van der Waals surface area contributed by atoms with Gasteiger partial charge in [0.05, 0.1) is 16.6 Å². The SMILES string of the molecule is O=P(c1ccccc1)(c1ccccc1)c1ccc(-c2c3ccccc3c(-c3ccc(-c4nc5ccccc5c5nc6ccccc6n45)cc3)c3ccccc23)cc1. The van der Waals surface area contributed by atoms with E-state index in [0.29, 0.717) is 0 Å². The molecule has 2 heterocycles. The third kappa shape index (κ3) is 5.26. The van der Waals surface area contributed by atoms with Gasteiger partial charge in [0.2, 0.25) is 0 Å². The molecule has 0 aliphatic carbocycles. The monoisotopic (exact) mass is 747 g/mol. The normalized spacial score (nSPS) is 11.9. The van der Waals surface area contributed by atoms with Gasteiger partial charge in [-0.2, -0.15) is 0 Å². The smallest absolute Gasteiger partial charge is 0.171 e. The molecule has 0 aliphatic rings. The fourth-order valence-electron chi connectivity index (χ4n) is 8.64. The molecule has 0 radical (unpaired) electrons. The van der Waals surface area contributed by atoms with Crippen LogP contribution in [0.4, 0.5) is 0 Å². The fraction of sp³-hybridized carbons (Fsp3) is 0. The van der Waals surface area contributed by atoms with Gasteiger partial charge >= 0.3 is 0 Å². The molecule has 11 rings (SSSR count). The van der Waals surface area contributed by atoms with Gasteiger partial charge in [-0.05, 0) is 68.1 Å². The fourth-order valence-corrected chi connectivity index (χ4v) is 11.3. The second-order valence-electron chi connectivity index (χ2n) is 14.5. The van der Waals surface area contributed by atoms with Crippen molar-refractivity contribution in [1.29, 1.82) is 0 Å². The number of hydrogen-bond acceptors (Lipinski definition) is 3. The number of hydrogen-bond donors (Lipinski definition) is 0. The Kier molecular flexibility index (Phi) is 7.73. The molecule has 4 nitrogen and oxygen atoms in total. The van der Waals surface area contributed by atoms with Gasteiger partial charge in [0.15, 0.2) is 7.14 Å². The zero-order chi connectivity index (χ0) is 37.9. The minimum Gasteiger partial charge on any atom is -0.309 e. The maximum absolute atomic E-state index is 15.2. The molecule has 2 aromatic heterocycles. The lowest BCUT2D eigenvalue weighted by Crippen LogP contribution is -2.24. The first-order valence-electron chi connectivity index (χ1n) is 19.2. The van der Waals surface area contributed by atoms with E-state index in [-0.39, 0.29) is 0 Å². The van der Waals surface area contributed by atoms with Crippen LogP contribution in [0, 0.1) is 0 Å². The number of aromatic nitrogens is 3. The van der Waals surface area contributed by atoms with E-state index in [4.69, 9.17) is 9.97 Å². The molecular formula is C52H34N3OP. The standard InChI is InChI=1S/C52H34N3OP/c56-57(38-15-3-1-4-16-38,39-17-5-2-6-18-39)40-33-31-36(32-34-40)50-43-21-9-7-19-41(43)49(42-20-8-10-22-44(42)50)35-27-29-37(30-28-35)51-53-46-24-12-11-23-45(46)52-54-47-25-13-14-26-48(47)55(51)52/h1-34H. The molecule has 9 aromatic carbocycles. The number of nitrogens with zero attached hydrogens (tertiary/aromatic N) is 3. The highest BCUT2D eigenvalue weighted by atomic mass is 31.2. The summed E-state index contributed by atoms with van der Waals surface area (Å²) in [6.45, 7) is 0. The van der Waals surface area contributed by atoms with Crippen LogP contribution in [0.15, 0.2) is 206 Å². The molecule has 0 amide bonds. The van der Waals surface area contributed by atoms with Gasteiger partial charge in [0, 0.05) is 26.9 Å². The molecule has 57 heavy (non-hydrogen) atoms. The van der Waals surface area contributed by atoms with Crippen LogP contribution in [0.5, 0.6) is 0 Å². The van der Waals surface area contributed by atoms with Gasteiger partial charge in [0.25, 0.3) is 0 Å². The zero-order valence-electron chi connectivity index (χ0n) is 30.8. The predicted octanol–water partition coefficient (Wildman–Crippen LogP) is 12.0. The Bertz CT molecular complexity index is 3260. The molecule has 0 saturated heterocycles. The van der Waals surface area contributed by atoms with E-state index in [1.165, 1.54) is 27.1 Å². The summed E-state index contributed by atoms with van der Waals surface area (Å²) in [6, 6.07) is 70.9. The van der Waals surface area contributed by atoms with Crippen LogP contribution < -0.4 is 15.9 Å². The lowest BCUT2D eigenvalue weighted by molar-refractivity contribution is 0.592. The molecule has 0 bridgehead atoms. The summed E-state index contributed by atoms with van der Waals surface area (Å²) in [5.74, 6) is 0.863. The third-order valence-corrected chi connectivity index (χ3v) is 14.3. The molecule has 268 valence electrons. The number of fused-ring (bicyclic) bond motifs is 7. The molecule has 0 unspecified atom stereocenters. The minimum atomic E-state index is -3.10. The topological polar surface area (TPSA) is 47.3 Å². The van der Waals surface area contributed by atoms with Gasteiger partial charge in [0.1, 0.15) is 11.5 Å². The highest BCUT2D eigenvalue weighted by molar-refractivity contribution is 7.85. The average molecular weight is 748 g/mol. The van der Waals surface area contributed by atoms with Crippen LogP contribution in [0.25, 0.3) is 82.8 Å². The van der Waals surface area contributed by atoms with E-state index in [0.717, 1.165) is 71.6 Å². The Hall–Kier alpha value is -7.13. The van der Waals surface area contributed by atoms with Crippen LogP contribution in [-0.4, -0.2) is 14.4 Å². The van der Waals surface area contributed by atoms with Crippen molar-refractivity contribution in [2.24, 2.45) is 0 Å². The third-order valence-electron chi connectivity index (χ3n) is 11.3. The highest BCUT2D eigenvalue weighted by Crippen LogP contribution is 2.46. The van der Waals surface area contributed by atoms with Crippen molar-refractivity contribution in [2.45, 2.75) is 0 Å². The zero-order valence-corrected chi connectivity index (χ0v) is 31.7. The van der Waals surface area contributed by atoms with E-state index < -0.39 is 7.14 Å². The van der Waals surface area contributed by atoms with Gasteiger partial charge in [-0.3, -0.25) is 4.40 Å². The average Bonchev–Trinajstić information content (AvgIpc) is 3.69. The number of rotatable bonds is 6. The van der Waals surface area contributed by atoms with E-state index in [9.17, 15) is 0 Å². The Morgan fingerprint density at radius 1 is 0.351 bits per heavy atom. The molecule has 0 saturated carbocycles. The van der Waals surface area contributed by atoms with Crippen LogP contribution >= 0.6 is 7.14 Å². The van der Waals surface area contributed by atoms with Crippen molar-refractivity contribution in [3.05, 3.63) is 206 Å². The summed E-state index contributed by atoms with van der Waals surface area (Å²) in [4.78, 5) is 10.3. The van der Waals surface area contributed by atoms with E-state index in [1.54, 1.807) is 0 Å². The molecule has 0 N–H and O–H groups in total. The first-order valence-corrected chi connectivity index (χ1v) is 20.9. The highest BCUT2D eigenvalue weighted by Gasteiger charge is 2.29. The van der Waals surface area contributed by atoms with E-state index in [2.05, 4.69) is 132 Å². The molecule has 5 heteroatoms. The quantitative estimate of drug-likeness (QED) is 0.126. The van der Waals surface area contributed by atoms with Gasteiger partial charge in [-0.15, -0.1) is 0 Å². The Balaban J connectivity index is 1.06. The molecule has 0 atom stereocenters. The molecule has 0 aliphatic heterocycles. The van der Waals surface area contributed by atoms with Crippen LogP contribution in [0.1, 0.15) is 0 Å². The van der Waals surface area contributed by atoms with Crippen LogP contribution in [-0.2, 0) is 4.57 Å². The van der Waals surface area contributed by atoms with E-state index in [1.807, 2.05) is 78.9 Å². The summed E-state index contributed by atoms with van der Waals surface area (Å²) < 4.78 is 17.4. The van der Waals surface area contributed by atoms with Crippen molar-refractivity contribution in [3.8, 4) is 33.6 Å². The number of imidazole rings is 1. The van der Waals surface area contributed by atoms with Crippen molar-refractivity contribution >= 4 is 72.2 Å². The molecule has 0 spiro atoms. The number of benzene rings is 9. The van der Waals surface area contributed by atoms with Crippen LogP contribution in [0.3, 0.4) is 0 Å². The van der Waals surface area contributed by atoms with Crippen molar-refractivity contribution < 1.29 is 4.57 Å². The first kappa shape index (κ1) is 33.2. The van der Waals surface area contributed by atoms with Gasteiger partial charge in [-0.1, -0.05) is 182 Å². The summed E-state index contributed by atoms with van der Waals surface area (Å²) in [5.41, 5.74) is 9.40. The number of para-hydroxylation sites is 3. The second kappa shape index (κ2) is 13.3. The minimum absolute atomic E-state index is 0.816. The molecule has 0 fully saturated rings. The lowest BCUT2D eigenvalue weighted by Gasteiger charge is -2.21. The molecular weight excluding hydrogens is 714 g/mol. The first-order chi connectivity index (χ1) is 28.2. The van der Waals surface area contributed by atoms with Crippen molar-refractivity contribution in [1.82, 2.24) is 14.4 Å². The van der Waals surface area contributed by atoms with Crippen LogP contribution in [0.2, 0.25) is 0 Å². The molecule has 11 aromatic rings. The van der Waals surface area contributed by atoms with Crippen molar-refractivity contribution in [3.63, 3.8) is 0 Å². The van der Waals surface area contributed by atoms with Crippen molar-refractivity contribution in [2.75, 3.05) is 0 Å². The van der Waals surface area contributed by atoms with Gasteiger partial charge in [-0.25, -0.2) is 9.97 Å². The van der Waals surface area contributed by atoms with E-state index >= 15 is 4.57 Å². The summed E-state index contributed by atoms with van der Waals surface area (Å²) in [5, 5.41) is 8.19. The Labute approximate surface area is 329 Å². The summed E-state index contributed by atoms with van der Waals surface area (Å²) >= 11 is 0. The predicted molar refractivity (Wildman–Crippen MR) is 239 cm³/mol.